The highest BCUT2D eigenvalue weighted by Gasteiger charge is 2.60. The summed E-state index contributed by atoms with van der Waals surface area (Å²) in [5.41, 5.74) is 2.23. The summed E-state index contributed by atoms with van der Waals surface area (Å²) >= 11 is 0. The van der Waals surface area contributed by atoms with Gasteiger partial charge in [0.1, 0.15) is 11.7 Å². The number of benzene rings is 3. The molecule has 3 aromatic carbocycles. The van der Waals surface area contributed by atoms with E-state index in [9.17, 15) is 14.4 Å². The molecule has 2 saturated heterocycles. The average molecular weight is 472 g/mol. The van der Waals surface area contributed by atoms with E-state index in [-0.39, 0.29) is 5.91 Å². The summed E-state index contributed by atoms with van der Waals surface area (Å²) < 4.78 is 10.5. The zero-order chi connectivity index (χ0) is 24.5. The largest absolute Gasteiger partial charge is 0.492 e. The Labute approximate surface area is 202 Å². The molecule has 0 aliphatic carbocycles. The van der Waals surface area contributed by atoms with E-state index in [1.54, 1.807) is 53.6 Å². The van der Waals surface area contributed by atoms with E-state index in [0.29, 0.717) is 29.3 Å². The lowest BCUT2D eigenvalue weighted by Gasteiger charge is -2.29. The van der Waals surface area contributed by atoms with Gasteiger partial charge >= 0.3 is 5.97 Å². The maximum absolute atomic E-state index is 13.8. The number of hydroxylamine groups is 1. The summed E-state index contributed by atoms with van der Waals surface area (Å²) in [4.78, 5) is 46.6. The molecule has 0 saturated carbocycles. The van der Waals surface area contributed by atoms with Gasteiger partial charge in [-0.05, 0) is 48.9 Å². The number of para-hydroxylation sites is 3. The number of hydrogen-bond donors (Lipinski definition) is 0. The molecule has 178 valence electrons. The third-order valence-electron chi connectivity index (χ3n) is 6.21. The van der Waals surface area contributed by atoms with Crippen molar-refractivity contribution in [3.63, 3.8) is 0 Å². The molecular formula is C27H24N2O6. The predicted molar refractivity (Wildman–Crippen MR) is 128 cm³/mol. The number of amides is 2. The van der Waals surface area contributed by atoms with Crippen LogP contribution in [0.5, 0.6) is 5.75 Å². The van der Waals surface area contributed by atoms with E-state index in [1.807, 2.05) is 37.3 Å². The molecule has 0 aromatic heterocycles. The smallest absolute Gasteiger partial charge is 0.337 e. The number of hydrogen-bond acceptors (Lipinski definition) is 7. The molecule has 35 heavy (non-hydrogen) atoms. The molecule has 0 N–H and O–H groups in total. The zero-order valence-electron chi connectivity index (χ0n) is 19.3. The Morgan fingerprint density at radius 2 is 1.60 bits per heavy atom. The minimum absolute atomic E-state index is 0.368. The molecule has 2 heterocycles. The van der Waals surface area contributed by atoms with Crippen molar-refractivity contribution in [2.75, 3.05) is 23.7 Å². The van der Waals surface area contributed by atoms with Gasteiger partial charge in [-0.25, -0.2) is 14.8 Å². The van der Waals surface area contributed by atoms with Gasteiger partial charge in [0, 0.05) is 0 Å². The number of anilines is 2. The average Bonchev–Trinajstić information content (AvgIpc) is 3.40. The highest BCUT2D eigenvalue weighted by molar-refractivity contribution is 6.24. The first kappa shape index (κ1) is 22.6. The lowest BCUT2D eigenvalue weighted by molar-refractivity contribution is -0.126. The fourth-order valence-electron chi connectivity index (χ4n) is 4.64. The summed E-state index contributed by atoms with van der Waals surface area (Å²) in [7, 11) is 1.32. The second kappa shape index (κ2) is 9.23. The molecule has 2 fully saturated rings. The summed E-state index contributed by atoms with van der Waals surface area (Å²) in [6.45, 7) is 2.24. The maximum atomic E-state index is 13.8. The Morgan fingerprint density at radius 3 is 2.29 bits per heavy atom. The zero-order valence-corrected chi connectivity index (χ0v) is 19.3. The first-order valence-electron chi connectivity index (χ1n) is 11.3. The van der Waals surface area contributed by atoms with Gasteiger partial charge in [-0.1, -0.05) is 42.5 Å². The van der Waals surface area contributed by atoms with Crippen molar-refractivity contribution in [1.82, 2.24) is 0 Å². The van der Waals surface area contributed by atoms with Crippen LogP contribution < -0.4 is 14.7 Å². The third-order valence-corrected chi connectivity index (χ3v) is 6.21. The van der Waals surface area contributed by atoms with Gasteiger partial charge < -0.3 is 9.47 Å². The van der Waals surface area contributed by atoms with Gasteiger partial charge in [-0.15, -0.1) is 0 Å². The Bertz CT molecular complexity index is 1260. The van der Waals surface area contributed by atoms with Crippen LogP contribution >= 0.6 is 0 Å². The van der Waals surface area contributed by atoms with Crippen molar-refractivity contribution in [2.24, 2.45) is 5.92 Å². The van der Waals surface area contributed by atoms with E-state index in [0.717, 1.165) is 5.56 Å². The number of imide groups is 1. The number of ether oxygens (including phenoxy) is 2. The molecule has 8 heteroatoms. The van der Waals surface area contributed by atoms with Crippen molar-refractivity contribution in [1.29, 1.82) is 0 Å². The highest BCUT2D eigenvalue weighted by Crippen LogP contribution is 2.48. The van der Waals surface area contributed by atoms with E-state index in [1.165, 1.54) is 12.0 Å². The minimum atomic E-state index is -0.998. The predicted octanol–water partition coefficient (Wildman–Crippen LogP) is 3.92. The van der Waals surface area contributed by atoms with Crippen LogP contribution in [-0.2, 0) is 19.2 Å². The van der Waals surface area contributed by atoms with Gasteiger partial charge in [0.2, 0.25) is 5.91 Å². The molecular weight excluding hydrogens is 448 g/mol. The quantitative estimate of drug-likeness (QED) is 0.397. The van der Waals surface area contributed by atoms with Gasteiger partial charge in [-0.2, -0.15) is 0 Å². The Kier molecular flexibility index (Phi) is 5.96. The van der Waals surface area contributed by atoms with Gasteiger partial charge in [-0.3, -0.25) is 14.4 Å². The number of nitrogens with zero attached hydrogens (tertiary/aromatic N) is 2. The second-order valence-electron chi connectivity index (χ2n) is 8.18. The number of esters is 1. The van der Waals surface area contributed by atoms with Crippen molar-refractivity contribution in [3.8, 4) is 5.75 Å². The molecule has 0 bridgehead atoms. The first-order valence-corrected chi connectivity index (χ1v) is 11.3. The number of methoxy groups -OCH3 is 1. The van der Waals surface area contributed by atoms with Crippen LogP contribution in [0.1, 0.15) is 28.9 Å². The molecule has 8 nitrogen and oxygen atoms in total. The molecule has 5 rings (SSSR count). The van der Waals surface area contributed by atoms with Crippen molar-refractivity contribution in [3.05, 3.63) is 90.0 Å². The van der Waals surface area contributed by atoms with Crippen LogP contribution in [0.2, 0.25) is 0 Å². The van der Waals surface area contributed by atoms with Crippen LogP contribution in [-0.4, -0.2) is 37.6 Å². The van der Waals surface area contributed by atoms with Crippen LogP contribution in [0, 0.1) is 5.92 Å². The van der Waals surface area contributed by atoms with Crippen LogP contribution in [0.25, 0.3) is 0 Å². The van der Waals surface area contributed by atoms with Crippen LogP contribution in [0.15, 0.2) is 78.9 Å². The van der Waals surface area contributed by atoms with Crippen molar-refractivity contribution < 1.29 is 28.7 Å². The van der Waals surface area contributed by atoms with E-state index < -0.39 is 29.9 Å². The fourth-order valence-corrected chi connectivity index (χ4v) is 4.64. The van der Waals surface area contributed by atoms with E-state index in [2.05, 4.69) is 0 Å². The van der Waals surface area contributed by atoms with Crippen LogP contribution in [0.4, 0.5) is 11.4 Å². The summed E-state index contributed by atoms with van der Waals surface area (Å²) in [5, 5.41) is 1.62. The topological polar surface area (TPSA) is 85.4 Å². The highest BCUT2D eigenvalue weighted by atomic mass is 16.7. The lowest BCUT2D eigenvalue weighted by atomic mass is 9.90. The molecule has 0 radical (unpaired) electrons. The van der Waals surface area contributed by atoms with Crippen LogP contribution in [0.3, 0.4) is 0 Å². The standard InChI is InChI=1S/C27H24N2O6/c1-3-34-21-12-8-7-11-20(21)28-25(30)22-23(17-13-15-18(16-14-17)27(32)33-2)29(35-24(22)26(28)31)19-9-5-4-6-10-19/h4-16,22-24H,3H2,1-2H3/t22-,23-,24+/m0/s1. The number of fused-ring (bicyclic) bond motifs is 1. The summed E-state index contributed by atoms with van der Waals surface area (Å²) in [6, 6.07) is 22.5. The second-order valence-corrected chi connectivity index (χ2v) is 8.18. The Morgan fingerprint density at radius 1 is 0.914 bits per heavy atom. The molecule has 3 atom stereocenters. The lowest BCUT2D eigenvalue weighted by Crippen LogP contribution is -2.37. The molecule has 2 aliphatic heterocycles. The SMILES string of the molecule is CCOc1ccccc1N1C(=O)[C@@H]2[C@@H](ON(c3ccccc3)[C@H]2c2ccc(C(=O)OC)cc2)C1=O. The van der Waals surface area contributed by atoms with Crippen molar-refractivity contribution >= 4 is 29.2 Å². The summed E-state index contributed by atoms with van der Waals surface area (Å²) in [6.07, 6.45) is -0.998. The molecule has 3 aromatic rings. The third kappa shape index (κ3) is 3.81. The normalized spacial score (nSPS) is 21.3. The molecule has 2 aliphatic rings. The molecule has 2 amide bonds. The molecule has 0 spiro atoms. The number of carbonyl (C=O) groups is 3. The monoisotopic (exact) mass is 472 g/mol. The van der Waals surface area contributed by atoms with Gasteiger partial charge in [0.05, 0.1) is 36.7 Å². The van der Waals surface area contributed by atoms with Gasteiger partial charge in [0.25, 0.3) is 5.91 Å². The summed E-state index contributed by atoms with van der Waals surface area (Å²) in [5.74, 6) is -1.60. The fraction of sp³-hybridized carbons (Fsp3) is 0.222. The van der Waals surface area contributed by atoms with Gasteiger partial charge in [0.15, 0.2) is 6.10 Å². The minimum Gasteiger partial charge on any atom is -0.492 e. The van der Waals surface area contributed by atoms with E-state index >= 15 is 0 Å². The first-order chi connectivity index (χ1) is 17.0. The Balaban J connectivity index is 1.56. The number of carbonyl (C=O) groups excluding carboxylic acids is 3. The van der Waals surface area contributed by atoms with E-state index in [4.69, 9.17) is 14.3 Å². The maximum Gasteiger partial charge on any atom is 0.337 e. The Hall–Kier alpha value is -4.17. The molecule has 0 unspecified atom stereocenters. The number of rotatable bonds is 6. The van der Waals surface area contributed by atoms with Crippen molar-refractivity contribution in [2.45, 2.75) is 19.1 Å².